The normalized spacial score (nSPS) is 11.7. The molecule has 15 heavy (non-hydrogen) atoms. The van der Waals surface area contributed by atoms with Crippen LogP contribution in [0.3, 0.4) is 0 Å². The van der Waals surface area contributed by atoms with Crippen LogP contribution in [0.4, 0.5) is 0 Å². The summed E-state index contributed by atoms with van der Waals surface area (Å²) in [5.74, 6) is -0.143. The van der Waals surface area contributed by atoms with Crippen LogP contribution in [-0.2, 0) is 0 Å². The van der Waals surface area contributed by atoms with Crippen molar-refractivity contribution in [3.05, 3.63) is 45.3 Å². The molecule has 0 heterocycles. The fourth-order valence-corrected chi connectivity index (χ4v) is 1.27. The van der Waals surface area contributed by atoms with Gasteiger partial charge in [0.15, 0.2) is 5.78 Å². The van der Waals surface area contributed by atoms with E-state index in [4.69, 9.17) is 5.53 Å². The Labute approximate surface area is 88.6 Å². The van der Waals surface area contributed by atoms with Gasteiger partial charge in [-0.3, -0.25) is 4.79 Å². The average Bonchev–Trinajstić information content (AvgIpc) is 2.21. The van der Waals surface area contributed by atoms with Crippen LogP contribution in [0.1, 0.15) is 28.4 Å². The molecule has 0 radical (unpaired) electrons. The summed E-state index contributed by atoms with van der Waals surface area (Å²) in [5, 5.41) is 3.38. The van der Waals surface area contributed by atoms with E-state index >= 15 is 0 Å². The fraction of sp³-hybridized carbons (Fsp3) is 0.364. The Kier molecular flexibility index (Phi) is 3.47. The van der Waals surface area contributed by atoms with E-state index in [9.17, 15) is 4.79 Å². The summed E-state index contributed by atoms with van der Waals surface area (Å²) < 4.78 is 0. The monoisotopic (exact) mass is 203 g/mol. The van der Waals surface area contributed by atoms with Gasteiger partial charge in [-0.05, 0) is 43.5 Å². The molecule has 0 N–H and O–H groups in total. The van der Waals surface area contributed by atoms with E-state index in [-0.39, 0.29) is 5.78 Å². The van der Waals surface area contributed by atoms with Crippen LogP contribution in [0.5, 0.6) is 0 Å². The summed E-state index contributed by atoms with van der Waals surface area (Å²) >= 11 is 0. The minimum atomic E-state index is -0.642. The van der Waals surface area contributed by atoms with Crippen LogP contribution < -0.4 is 0 Å². The highest BCUT2D eigenvalue weighted by atomic mass is 16.1. The minimum absolute atomic E-state index is 0.143. The molecule has 0 aromatic heterocycles. The van der Waals surface area contributed by atoms with Gasteiger partial charge in [-0.15, -0.1) is 0 Å². The maximum Gasteiger partial charge on any atom is 0.171 e. The third-order valence-corrected chi connectivity index (χ3v) is 2.40. The topological polar surface area (TPSA) is 65.8 Å². The fourth-order valence-electron chi connectivity index (χ4n) is 1.27. The molecule has 4 heteroatoms. The number of benzene rings is 1. The quantitative estimate of drug-likeness (QED) is 0.322. The summed E-state index contributed by atoms with van der Waals surface area (Å²) in [6.07, 6.45) is 0. The molecule has 4 nitrogen and oxygen atoms in total. The highest BCUT2D eigenvalue weighted by Gasteiger charge is 2.13. The highest BCUT2D eigenvalue weighted by molar-refractivity contribution is 6.00. The van der Waals surface area contributed by atoms with Crippen molar-refractivity contribution in [1.29, 1.82) is 0 Å². The molecule has 0 fully saturated rings. The number of carbonyl (C=O) groups excluding carboxylic acids is 1. The maximum atomic E-state index is 11.7. The van der Waals surface area contributed by atoms with Crippen LogP contribution in [0.2, 0.25) is 0 Å². The Bertz CT molecular complexity index is 433. The van der Waals surface area contributed by atoms with Crippen molar-refractivity contribution < 1.29 is 4.79 Å². The van der Waals surface area contributed by atoms with Crippen LogP contribution >= 0.6 is 0 Å². The summed E-state index contributed by atoms with van der Waals surface area (Å²) in [4.78, 5) is 14.4. The van der Waals surface area contributed by atoms with Gasteiger partial charge in [0.05, 0.1) is 6.04 Å². The Morgan fingerprint density at radius 3 is 2.60 bits per heavy atom. The van der Waals surface area contributed by atoms with Gasteiger partial charge in [-0.1, -0.05) is 17.2 Å². The number of carbonyl (C=O) groups is 1. The first-order valence-electron chi connectivity index (χ1n) is 4.72. The number of hydrogen-bond acceptors (Lipinski definition) is 2. The van der Waals surface area contributed by atoms with Crippen LogP contribution in [0.15, 0.2) is 23.3 Å². The summed E-state index contributed by atoms with van der Waals surface area (Å²) in [7, 11) is 0. The number of Topliss-reactive ketones (excluding diaryl/α,β-unsaturated/α-hetero) is 1. The maximum absolute atomic E-state index is 11.7. The molecule has 0 aliphatic carbocycles. The second kappa shape index (κ2) is 4.62. The average molecular weight is 203 g/mol. The molecule has 0 bridgehead atoms. The largest absolute Gasteiger partial charge is 0.294 e. The molecule has 1 aromatic rings. The molecule has 1 unspecified atom stereocenters. The van der Waals surface area contributed by atoms with E-state index < -0.39 is 6.04 Å². The van der Waals surface area contributed by atoms with E-state index in [1.807, 2.05) is 26.0 Å². The molecule has 0 amide bonds. The van der Waals surface area contributed by atoms with Gasteiger partial charge >= 0.3 is 0 Å². The van der Waals surface area contributed by atoms with E-state index in [0.29, 0.717) is 5.56 Å². The predicted molar refractivity (Wildman–Crippen MR) is 58.9 cm³/mol. The molecule has 0 aliphatic rings. The Morgan fingerprint density at radius 2 is 2.07 bits per heavy atom. The van der Waals surface area contributed by atoms with Crippen molar-refractivity contribution >= 4 is 5.78 Å². The summed E-state index contributed by atoms with van der Waals surface area (Å²) in [6.45, 7) is 5.53. The molecule has 0 saturated heterocycles. The number of ketones is 1. The van der Waals surface area contributed by atoms with Gasteiger partial charge in [-0.2, -0.15) is 0 Å². The Hall–Kier alpha value is -1.80. The van der Waals surface area contributed by atoms with Crippen molar-refractivity contribution in [2.45, 2.75) is 26.8 Å². The smallest absolute Gasteiger partial charge is 0.171 e. The lowest BCUT2D eigenvalue weighted by molar-refractivity contribution is 0.0968. The Morgan fingerprint density at radius 1 is 1.40 bits per heavy atom. The number of nitrogens with zero attached hydrogens (tertiary/aromatic N) is 3. The summed E-state index contributed by atoms with van der Waals surface area (Å²) in [5.41, 5.74) is 11.0. The van der Waals surface area contributed by atoms with Crippen molar-refractivity contribution in [3.8, 4) is 0 Å². The van der Waals surface area contributed by atoms with Gasteiger partial charge in [-0.25, -0.2) is 0 Å². The molecule has 78 valence electrons. The van der Waals surface area contributed by atoms with Crippen LogP contribution in [0.25, 0.3) is 10.4 Å². The lowest BCUT2D eigenvalue weighted by Gasteiger charge is -2.06. The van der Waals surface area contributed by atoms with Gasteiger partial charge in [0.25, 0.3) is 0 Å². The van der Waals surface area contributed by atoms with Gasteiger partial charge in [0.2, 0.25) is 0 Å². The minimum Gasteiger partial charge on any atom is -0.294 e. The highest BCUT2D eigenvalue weighted by Crippen LogP contribution is 2.12. The molecule has 1 atom stereocenters. The number of aryl methyl sites for hydroxylation is 2. The SMILES string of the molecule is Cc1ccc(C(=O)C(C)N=[N+]=[N-])cc1C. The molecule has 0 aliphatic heterocycles. The van der Waals surface area contributed by atoms with Crippen molar-refractivity contribution in [2.75, 3.05) is 0 Å². The first kappa shape index (κ1) is 11.3. The molecule has 1 aromatic carbocycles. The predicted octanol–water partition coefficient (Wildman–Crippen LogP) is 3.18. The zero-order valence-corrected chi connectivity index (χ0v) is 9.06. The standard InChI is InChI=1S/C11H13N3O/c1-7-4-5-10(6-8(7)2)11(15)9(3)13-14-12/h4-6,9H,1-3H3. The second-order valence-corrected chi connectivity index (χ2v) is 3.54. The van der Waals surface area contributed by atoms with Crippen molar-refractivity contribution in [1.82, 2.24) is 0 Å². The van der Waals surface area contributed by atoms with E-state index in [2.05, 4.69) is 10.0 Å². The summed E-state index contributed by atoms with van der Waals surface area (Å²) in [6, 6.07) is 4.83. The molecule has 0 spiro atoms. The Balaban J connectivity index is 3.01. The zero-order chi connectivity index (χ0) is 11.4. The number of rotatable bonds is 3. The number of hydrogen-bond donors (Lipinski definition) is 0. The third kappa shape index (κ3) is 2.58. The van der Waals surface area contributed by atoms with Crippen molar-refractivity contribution in [2.24, 2.45) is 5.11 Å². The lowest BCUT2D eigenvalue weighted by Crippen LogP contribution is -2.14. The van der Waals surface area contributed by atoms with Crippen LogP contribution in [0, 0.1) is 13.8 Å². The second-order valence-electron chi connectivity index (χ2n) is 3.54. The van der Waals surface area contributed by atoms with E-state index in [1.54, 1.807) is 13.0 Å². The van der Waals surface area contributed by atoms with E-state index in [1.165, 1.54) is 0 Å². The van der Waals surface area contributed by atoms with E-state index in [0.717, 1.165) is 11.1 Å². The van der Waals surface area contributed by atoms with Crippen LogP contribution in [-0.4, -0.2) is 11.8 Å². The third-order valence-electron chi connectivity index (χ3n) is 2.40. The first-order chi connectivity index (χ1) is 7.06. The zero-order valence-electron chi connectivity index (χ0n) is 9.06. The molecule has 0 saturated carbocycles. The molecule has 1 rings (SSSR count). The molecular formula is C11H13N3O. The van der Waals surface area contributed by atoms with Gasteiger partial charge in [0, 0.05) is 10.5 Å². The van der Waals surface area contributed by atoms with Gasteiger partial charge in [0.1, 0.15) is 0 Å². The first-order valence-corrected chi connectivity index (χ1v) is 4.72. The van der Waals surface area contributed by atoms with Gasteiger partial charge < -0.3 is 0 Å². The van der Waals surface area contributed by atoms with Crippen molar-refractivity contribution in [3.63, 3.8) is 0 Å². The molecular weight excluding hydrogens is 190 g/mol. The number of azide groups is 1. The lowest BCUT2D eigenvalue weighted by atomic mass is 10.0.